The molecule has 1 atom stereocenters. The maximum absolute atomic E-state index is 12.4. The Balaban J connectivity index is 1.55. The number of benzene rings is 1. The van der Waals surface area contributed by atoms with Crippen LogP contribution in [0, 0.1) is 5.92 Å². The lowest BCUT2D eigenvalue weighted by Crippen LogP contribution is -2.36. The van der Waals surface area contributed by atoms with Crippen LogP contribution in [-0.2, 0) is 16.1 Å². The molecule has 0 spiro atoms. The second-order valence-corrected chi connectivity index (χ2v) is 6.67. The normalized spacial score (nSPS) is 21.2. The number of hydrogen-bond donors (Lipinski definition) is 2. The van der Waals surface area contributed by atoms with Crippen LogP contribution in [0.5, 0.6) is 0 Å². The maximum Gasteiger partial charge on any atom is 0.248 e. The fourth-order valence-corrected chi connectivity index (χ4v) is 3.64. The standard InChI is InChI=1S/C18H23N3O3/c19-17(23)13-5-3-4-12(8-13)10-20-18(24)14-9-16(22)21(11-14)15-6-1-2-7-15/h3-5,8,14-15H,1-2,6-7,9-11H2,(H2,19,23)(H,20,24). The van der Waals surface area contributed by atoms with Gasteiger partial charge in [-0.1, -0.05) is 25.0 Å². The van der Waals surface area contributed by atoms with E-state index in [1.54, 1.807) is 18.2 Å². The number of likely N-dealkylation sites (tertiary alicyclic amines) is 1. The van der Waals surface area contributed by atoms with Gasteiger partial charge in [0.1, 0.15) is 0 Å². The van der Waals surface area contributed by atoms with Crippen LogP contribution in [0.4, 0.5) is 0 Å². The number of amides is 3. The van der Waals surface area contributed by atoms with E-state index in [1.165, 1.54) is 12.8 Å². The Morgan fingerprint density at radius 3 is 2.71 bits per heavy atom. The fraction of sp³-hybridized carbons (Fsp3) is 0.500. The van der Waals surface area contributed by atoms with Gasteiger partial charge in [0.05, 0.1) is 5.92 Å². The third kappa shape index (κ3) is 3.58. The lowest BCUT2D eigenvalue weighted by Gasteiger charge is -2.23. The molecule has 1 saturated carbocycles. The molecule has 128 valence electrons. The van der Waals surface area contributed by atoms with Crippen molar-refractivity contribution < 1.29 is 14.4 Å². The molecule has 3 rings (SSSR count). The molecular weight excluding hydrogens is 306 g/mol. The molecule has 0 aromatic heterocycles. The number of nitrogens with two attached hydrogens (primary N) is 1. The van der Waals surface area contributed by atoms with Crippen molar-refractivity contribution in [2.45, 2.75) is 44.7 Å². The van der Waals surface area contributed by atoms with Gasteiger partial charge >= 0.3 is 0 Å². The van der Waals surface area contributed by atoms with Crippen LogP contribution >= 0.6 is 0 Å². The topological polar surface area (TPSA) is 92.5 Å². The van der Waals surface area contributed by atoms with Crippen LogP contribution in [0.3, 0.4) is 0 Å². The highest BCUT2D eigenvalue weighted by molar-refractivity contribution is 5.93. The molecule has 24 heavy (non-hydrogen) atoms. The Morgan fingerprint density at radius 2 is 2.00 bits per heavy atom. The van der Waals surface area contributed by atoms with Crippen molar-refractivity contribution in [1.29, 1.82) is 0 Å². The molecular formula is C18H23N3O3. The van der Waals surface area contributed by atoms with Gasteiger partial charge in [0.25, 0.3) is 0 Å². The largest absolute Gasteiger partial charge is 0.366 e. The summed E-state index contributed by atoms with van der Waals surface area (Å²) in [5.41, 5.74) is 6.50. The Morgan fingerprint density at radius 1 is 1.25 bits per heavy atom. The lowest BCUT2D eigenvalue weighted by molar-refractivity contribution is -0.130. The Labute approximate surface area is 141 Å². The van der Waals surface area contributed by atoms with Crippen molar-refractivity contribution in [3.8, 4) is 0 Å². The van der Waals surface area contributed by atoms with Crippen molar-refractivity contribution in [3.63, 3.8) is 0 Å². The zero-order valence-corrected chi connectivity index (χ0v) is 13.7. The molecule has 1 heterocycles. The third-order valence-electron chi connectivity index (χ3n) is 4.97. The summed E-state index contributed by atoms with van der Waals surface area (Å²) in [6.07, 6.45) is 4.74. The summed E-state index contributed by atoms with van der Waals surface area (Å²) in [4.78, 5) is 37.6. The minimum absolute atomic E-state index is 0.0952. The fourth-order valence-electron chi connectivity index (χ4n) is 3.64. The number of carbonyl (C=O) groups excluding carboxylic acids is 3. The summed E-state index contributed by atoms with van der Waals surface area (Å²) in [5.74, 6) is -0.778. The van der Waals surface area contributed by atoms with Gasteiger partial charge in [0.2, 0.25) is 17.7 Å². The maximum atomic E-state index is 12.4. The van der Waals surface area contributed by atoms with Gasteiger partial charge in [0, 0.05) is 31.1 Å². The van der Waals surface area contributed by atoms with Gasteiger partial charge in [-0.15, -0.1) is 0 Å². The second kappa shape index (κ2) is 7.03. The highest BCUT2D eigenvalue weighted by Gasteiger charge is 2.38. The first-order chi connectivity index (χ1) is 11.5. The summed E-state index contributed by atoms with van der Waals surface area (Å²) in [5, 5.41) is 2.87. The van der Waals surface area contributed by atoms with E-state index in [0.29, 0.717) is 31.1 Å². The molecule has 1 saturated heterocycles. The monoisotopic (exact) mass is 329 g/mol. The zero-order chi connectivity index (χ0) is 17.1. The molecule has 0 bridgehead atoms. The van der Waals surface area contributed by atoms with Gasteiger partial charge in [-0.3, -0.25) is 14.4 Å². The third-order valence-corrected chi connectivity index (χ3v) is 4.97. The van der Waals surface area contributed by atoms with E-state index < -0.39 is 5.91 Å². The minimum atomic E-state index is -0.489. The van der Waals surface area contributed by atoms with Gasteiger partial charge < -0.3 is 16.0 Å². The first-order valence-electron chi connectivity index (χ1n) is 8.50. The van der Waals surface area contributed by atoms with E-state index in [4.69, 9.17) is 5.73 Å². The number of hydrogen-bond acceptors (Lipinski definition) is 3. The Kier molecular flexibility index (Phi) is 4.83. The lowest BCUT2D eigenvalue weighted by atomic mass is 10.1. The van der Waals surface area contributed by atoms with E-state index in [9.17, 15) is 14.4 Å². The highest BCUT2D eigenvalue weighted by atomic mass is 16.2. The van der Waals surface area contributed by atoms with E-state index in [2.05, 4.69) is 5.32 Å². The molecule has 2 aliphatic rings. The number of nitrogens with one attached hydrogen (secondary N) is 1. The number of rotatable bonds is 5. The molecule has 1 aromatic rings. The molecule has 6 nitrogen and oxygen atoms in total. The molecule has 6 heteroatoms. The first-order valence-corrected chi connectivity index (χ1v) is 8.50. The zero-order valence-electron chi connectivity index (χ0n) is 13.7. The highest BCUT2D eigenvalue weighted by Crippen LogP contribution is 2.29. The van der Waals surface area contributed by atoms with Crippen LogP contribution in [0.2, 0.25) is 0 Å². The van der Waals surface area contributed by atoms with Crippen LogP contribution in [0.15, 0.2) is 24.3 Å². The van der Waals surface area contributed by atoms with Crippen molar-refractivity contribution in [1.82, 2.24) is 10.2 Å². The summed E-state index contributed by atoms with van der Waals surface area (Å²) in [6, 6.07) is 7.21. The number of primary amides is 1. The molecule has 2 fully saturated rings. The van der Waals surface area contributed by atoms with Gasteiger partial charge in [-0.05, 0) is 30.5 Å². The van der Waals surface area contributed by atoms with E-state index in [1.807, 2.05) is 11.0 Å². The van der Waals surface area contributed by atoms with E-state index >= 15 is 0 Å². The molecule has 3 N–H and O–H groups in total. The van der Waals surface area contributed by atoms with Crippen LogP contribution < -0.4 is 11.1 Å². The van der Waals surface area contributed by atoms with Crippen LogP contribution in [0.1, 0.15) is 48.0 Å². The Bertz CT molecular complexity index is 653. The summed E-state index contributed by atoms with van der Waals surface area (Å²) < 4.78 is 0. The van der Waals surface area contributed by atoms with Crippen molar-refractivity contribution in [2.75, 3.05) is 6.54 Å². The predicted molar refractivity (Wildman–Crippen MR) is 88.9 cm³/mol. The van der Waals surface area contributed by atoms with Crippen LogP contribution in [0.25, 0.3) is 0 Å². The molecule has 1 aliphatic carbocycles. The van der Waals surface area contributed by atoms with E-state index in [0.717, 1.165) is 18.4 Å². The molecule has 0 radical (unpaired) electrons. The second-order valence-electron chi connectivity index (χ2n) is 6.67. The number of carbonyl (C=O) groups is 3. The Hall–Kier alpha value is -2.37. The average molecular weight is 329 g/mol. The average Bonchev–Trinajstić information content (AvgIpc) is 3.22. The summed E-state index contributed by atoms with van der Waals surface area (Å²) >= 11 is 0. The van der Waals surface area contributed by atoms with Crippen molar-refractivity contribution in [3.05, 3.63) is 35.4 Å². The molecule has 1 aromatic carbocycles. The van der Waals surface area contributed by atoms with Crippen molar-refractivity contribution in [2.24, 2.45) is 11.7 Å². The van der Waals surface area contributed by atoms with Gasteiger partial charge in [-0.2, -0.15) is 0 Å². The predicted octanol–water partition coefficient (Wildman–Crippen LogP) is 1.19. The van der Waals surface area contributed by atoms with Crippen molar-refractivity contribution >= 4 is 17.7 Å². The molecule has 1 aliphatic heterocycles. The summed E-state index contributed by atoms with van der Waals surface area (Å²) in [7, 11) is 0. The van der Waals surface area contributed by atoms with Gasteiger partial charge in [-0.25, -0.2) is 0 Å². The smallest absolute Gasteiger partial charge is 0.248 e. The van der Waals surface area contributed by atoms with Crippen LogP contribution in [-0.4, -0.2) is 35.2 Å². The number of nitrogens with zero attached hydrogens (tertiary/aromatic N) is 1. The minimum Gasteiger partial charge on any atom is -0.366 e. The summed E-state index contributed by atoms with van der Waals surface area (Å²) in [6.45, 7) is 0.852. The molecule has 3 amide bonds. The SMILES string of the molecule is NC(=O)c1cccc(CNC(=O)C2CC(=O)N(C3CCCC3)C2)c1. The quantitative estimate of drug-likeness (QED) is 0.850. The first kappa shape index (κ1) is 16.5. The molecule has 1 unspecified atom stereocenters. The van der Waals surface area contributed by atoms with E-state index in [-0.39, 0.29) is 17.7 Å². The van der Waals surface area contributed by atoms with Gasteiger partial charge in [0.15, 0.2) is 0 Å².